The first-order valence-corrected chi connectivity index (χ1v) is 9.06. The van der Waals surface area contributed by atoms with Crippen molar-refractivity contribution in [3.8, 4) is 11.6 Å². The van der Waals surface area contributed by atoms with Crippen LogP contribution in [0.2, 0.25) is 10.0 Å². The van der Waals surface area contributed by atoms with Gasteiger partial charge >= 0.3 is 0 Å². The van der Waals surface area contributed by atoms with Crippen LogP contribution in [0.3, 0.4) is 0 Å². The van der Waals surface area contributed by atoms with Gasteiger partial charge in [-0.1, -0.05) is 23.2 Å². The molecule has 0 atom stereocenters. The number of carbonyl (C=O) groups is 1. The van der Waals surface area contributed by atoms with E-state index in [-0.39, 0.29) is 5.91 Å². The largest absolute Gasteiger partial charge is 0.461 e. The van der Waals surface area contributed by atoms with Gasteiger partial charge in [-0.2, -0.15) is 0 Å². The molecule has 0 aliphatic rings. The quantitative estimate of drug-likeness (QED) is 0.509. The third-order valence-corrected chi connectivity index (χ3v) is 4.66. The van der Waals surface area contributed by atoms with Crippen LogP contribution in [0.25, 0.3) is 11.6 Å². The molecule has 0 aliphatic heterocycles. The summed E-state index contributed by atoms with van der Waals surface area (Å²) in [5.41, 5.74) is 0.902. The van der Waals surface area contributed by atoms with Crippen LogP contribution in [-0.4, -0.2) is 27.1 Å². The lowest BCUT2D eigenvalue weighted by molar-refractivity contribution is 0.102. The van der Waals surface area contributed by atoms with E-state index in [1.54, 1.807) is 25.3 Å². The maximum atomic E-state index is 12.7. The monoisotopic (exact) mass is 394 g/mol. The van der Waals surface area contributed by atoms with Crippen LogP contribution in [0, 0.1) is 6.92 Å². The number of nitrogens with one attached hydrogen (secondary N) is 1. The molecule has 25 heavy (non-hydrogen) atoms. The molecule has 0 aromatic carbocycles. The molecule has 0 radical (unpaired) electrons. The van der Waals surface area contributed by atoms with Crippen molar-refractivity contribution in [3.63, 3.8) is 0 Å². The van der Waals surface area contributed by atoms with Gasteiger partial charge in [0, 0.05) is 12.3 Å². The summed E-state index contributed by atoms with van der Waals surface area (Å²) < 4.78 is 5.32. The minimum absolute atomic E-state index is 0.293. The van der Waals surface area contributed by atoms with E-state index in [0.29, 0.717) is 43.7 Å². The Bertz CT molecular complexity index is 932. The molecule has 3 rings (SSSR count). The maximum Gasteiger partial charge on any atom is 0.261 e. The van der Waals surface area contributed by atoms with Crippen molar-refractivity contribution >= 4 is 46.7 Å². The van der Waals surface area contributed by atoms with Crippen LogP contribution in [0.4, 0.5) is 5.82 Å². The first-order chi connectivity index (χ1) is 12.0. The normalized spacial score (nSPS) is 10.7. The number of rotatable bonds is 4. The van der Waals surface area contributed by atoms with Crippen LogP contribution >= 0.6 is 35.0 Å². The van der Waals surface area contributed by atoms with Crippen LogP contribution < -0.4 is 5.32 Å². The Morgan fingerprint density at radius 1 is 1.28 bits per heavy atom. The molecule has 6 nitrogen and oxygen atoms in total. The number of halogens is 2. The minimum atomic E-state index is -0.376. The second kappa shape index (κ2) is 7.43. The highest BCUT2D eigenvalue weighted by atomic mass is 35.5. The molecule has 0 aliphatic carbocycles. The Hall–Kier alpha value is -2.09. The second-order valence-electron chi connectivity index (χ2n) is 4.93. The summed E-state index contributed by atoms with van der Waals surface area (Å²) in [5, 5.41) is 3.84. The van der Waals surface area contributed by atoms with E-state index < -0.39 is 0 Å². The molecule has 0 saturated carbocycles. The number of thioether (sulfide) groups is 1. The number of hydrogen-bond acceptors (Lipinski definition) is 6. The van der Waals surface area contributed by atoms with Crippen molar-refractivity contribution in [2.45, 2.75) is 11.9 Å². The van der Waals surface area contributed by atoms with Gasteiger partial charge in [-0.15, -0.1) is 11.8 Å². The number of carbonyl (C=O) groups excluding carboxylic acids is 1. The highest BCUT2D eigenvalue weighted by molar-refractivity contribution is 7.98. The number of amides is 1. The first kappa shape index (κ1) is 17.7. The average molecular weight is 395 g/mol. The summed E-state index contributed by atoms with van der Waals surface area (Å²) in [6, 6.07) is 5.00. The topological polar surface area (TPSA) is 80.9 Å². The van der Waals surface area contributed by atoms with Gasteiger partial charge in [-0.25, -0.2) is 15.0 Å². The van der Waals surface area contributed by atoms with Gasteiger partial charge < -0.3 is 9.73 Å². The van der Waals surface area contributed by atoms with E-state index in [9.17, 15) is 4.79 Å². The van der Waals surface area contributed by atoms with E-state index in [0.717, 1.165) is 0 Å². The summed E-state index contributed by atoms with van der Waals surface area (Å²) in [6.07, 6.45) is 4.75. The fourth-order valence-corrected chi connectivity index (χ4v) is 3.01. The first-order valence-electron chi connectivity index (χ1n) is 7.08. The van der Waals surface area contributed by atoms with Gasteiger partial charge in [0.05, 0.1) is 27.6 Å². The predicted octanol–water partition coefficient (Wildman–Crippen LogP) is 4.72. The third kappa shape index (κ3) is 3.78. The Labute approximate surface area is 158 Å². The lowest BCUT2D eigenvalue weighted by atomic mass is 10.2. The van der Waals surface area contributed by atoms with Crippen molar-refractivity contribution in [2.75, 3.05) is 11.6 Å². The number of pyridine rings is 1. The van der Waals surface area contributed by atoms with E-state index in [1.807, 2.05) is 6.26 Å². The molecule has 9 heteroatoms. The lowest BCUT2D eigenvalue weighted by Crippen LogP contribution is -2.17. The molecular formula is C16H12Cl2N4O2S. The Morgan fingerprint density at radius 2 is 2.08 bits per heavy atom. The Kier molecular flexibility index (Phi) is 5.27. The number of aromatic nitrogens is 3. The van der Waals surface area contributed by atoms with Crippen molar-refractivity contribution in [1.82, 2.24) is 15.0 Å². The highest BCUT2D eigenvalue weighted by Gasteiger charge is 2.20. The SMILES string of the molecule is CSc1nc(-c2ccco2)nc(C)c1C(=O)Nc1cc(Cl)c(Cl)cn1. The van der Waals surface area contributed by atoms with Crippen molar-refractivity contribution in [2.24, 2.45) is 0 Å². The molecule has 3 aromatic heterocycles. The van der Waals surface area contributed by atoms with Crippen LogP contribution in [0.5, 0.6) is 0 Å². The van der Waals surface area contributed by atoms with Crippen molar-refractivity contribution in [1.29, 1.82) is 0 Å². The second-order valence-corrected chi connectivity index (χ2v) is 6.54. The van der Waals surface area contributed by atoms with Gasteiger partial charge in [0.15, 0.2) is 11.6 Å². The minimum Gasteiger partial charge on any atom is -0.461 e. The Morgan fingerprint density at radius 3 is 2.72 bits per heavy atom. The predicted molar refractivity (Wildman–Crippen MR) is 98.5 cm³/mol. The average Bonchev–Trinajstić information content (AvgIpc) is 3.11. The Balaban J connectivity index is 1.95. The number of hydrogen-bond donors (Lipinski definition) is 1. The van der Waals surface area contributed by atoms with E-state index in [4.69, 9.17) is 27.6 Å². The lowest BCUT2D eigenvalue weighted by Gasteiger charge is -2.11. The fourth-order valence-electron chi connectivity index (χ4n) is 2.13. The molecule has 3 aromatic rings. The van der Waals surface area contributed by atoms with Gasteiger partial charge in [0.1, 0.15) is 10.8 Å². The van der Waals surface area contributed by atoms with Crippen molar-refractivity contribution < 1.29 is 9.21 Å². The molecule has 0 spiro atoms. The zero-order chi connectivity index (χ0) is 18.0. The molecule has 0 fully saturated rings. The number of aryl methyl sites for hydroxylation is 1. The molecule has 0 bridgehead atoms. The summed E-state index contributed by atoms with van der Waals surface area (Å²) in [5.74, 6) is 0.882. The molecule has 128 valence electrons. The molecular weight excluding hydrogens is 383 g/mol. The van der Waals surface area contributed by atoms with E-state index in [2.05, 4.69) is 20.3 Å². The molecule has 1 N–H and O–H groups in total. The fraction of sp³-hybridized carbons (Fsp3) is 0.125. The van der Waals surface area contributed by atoms with E-state index >= 15 is 0 Å². The van der Waals surface area contributed by atoms with Gasteiger partial charge in [-0.3, -0.25) is 4.79 Å². The standard InChI is InChI=1S/C16H12Cl2N4O2S/c1-8-13(15(23)21-12-6-9(17)10(18)7-19-12)16(25-2)22-14(20-8)11-4-3-5-24-11/h3-7H,1-2H3,(H,19,21,23). The molecule has 1 amide bonds. The van der Waals surface area contributed by atoms with E-state index in [1.165, 1.54) is 24.0 Å². The number of anilines is 1. The highest BCUT2D eigenvalue weighted by Crippen LogP contribution is 2.27. The summed E-state index contributed by atoms with van der Waals surface area (Å²) in [6.45, 7) is 1.74. The van der Waals surface area contributed by atoms with Gasteiger partial charge in [0.2, 0.25) is 0 Å². The van der Waals surface area contributed by atoms with Crippen LogP contribution in [0.15, 0.2) is 40.1 Å². The summed E-state index contributed by atoms with van der Waals surface area (Å²) in [4.78, 5) is 25.5. The zero-order valence-electron chi connectivity index (χ0n) is 13.2. The molecule has 3 heterocycles. The van der Waals surface area contributed by atoms with Gasteiger partial charge in [0.25, 0.3) is 5.91 Å². The third-order valence-electron chi connectivity index (χ3n) is 3.27. The van der Waals surface area contributed by atoms with Crippen LogP contribution in [-0.2, 0) is 0 Å². The summed E-state index contributed by atoms with van der Waals surface area (Å²) in [7, 11) is 0. The summed E-state index contributed by atoms with van der Waals surface area (Å²) >= 11 is 13.1. The molecule has 0 unspecified atom stereocenters. The smallest absolute Gasteiger partial charge is 0.261 e. The number of nitrogens with zero attached hydrogens (tertiary/aromatic N) is 3. The maximum absolute atomic E-state index is 12.7. The van der Waals surface area contributed by atoms with Gasteiger partial charge in [-0.05, 0) is 25.3 Å². The number of furan rings is 1. The van der Waals surface area contributed by atoms with Crippen LogP contribution in [0.1, 0.15) is 16.1 Å². The van der Waals surface area contributed by atoms with Crippen molar-refractivity contribution in [3.05, 3.63) is 52.0 Å². The molecule has 0 saturated heterocycles. The zero-order valence-corrected chi connectivity index (χ0v) is 15.5.